The van der Waals surface area contributed by atoms with Crippen LogP contribution in [0.4, 0.5) is 10.6 Å². The van der Waals surface area contributed by atoms with E-state index < -0.39 is 6.09 Å². The van der Waals surface area contributed by atoms with Crippen LogP contribution in [0, 0.1) is 3.57 Å². The van der Waals surface area contributed by atoms with Crippen molar-refractivity contribution in [3.8, 4) is 0 Å². The summed E-state index contributed by atoms with van der Waals surface area (Å²) < 4.78 is 3.99. The number of carboxylic acid groups (broad SMARTS) is 1. The van der Waals surface area contributed by atoms with Crippen LogP contribution in [0.15, 0.2) is 0 Å². The van der Waals surface area contributed by atoms with Crippen molar-refractivity contribution in [2.24, 2.45) is 7.05 Å². The Balaban J connectivity index is 2.71. The predicted octanol–water partition coefficient (Wildman–Crippen LogP) is 1.29. The zero-order valence-electron chi connectivity index (χ0n) is 12.2. The first-order valence-corrected chi connectivity index (χ1v) is 8.94. The van der Waals surface area contributed by atoms with Gasteiger partial charge < -0.3 is 0 Å². The number of fused-ring (bicyclic) bond motifs is 1. The maximum absolute atomic E-state index is 11.3. The average Bonchev–Trinajstić information content (AvgIpc) is 2.77. The molecule has 114 valence electrons. The van der Waals surface area contributed by atoms with E-state index in [1.165, 1.54) is 23.9 Å². The van der Waals surface area contributed by atoms with Crippen LogP contribution in [0.3, 0.4) is 0 Å². The molecule has 21 heavy (non-hydrogen) atoms. The third kappa shape index (κ3) is 3.04. The van der Waals surface area contributed by atoms with Crippen molar-refractivity contribution in [1.29, 1.82) is 0 Å². The fraction of sp³-hybridized carbons (Fsp3) is 0.462. The Labute approximate surface area is 145 Å². The van der Waals surface area contributed by atoms with Crippen molar-refractivity contribution in [1.82, 2.24) is 14.5 Å². The van der Waals surface area contributed by atoms with Gasteiger partial charge in [0.1, 0.15) is 0 Å². The topological polar surface area (TPSA) is 71.2 Å². The summed E-state index contributed by atoms with van der Waals surface area (Å²) in [6, 6.07) is 0. The number of hydrogen-bond donors (Lipinski definition) is 1. The van der Waals surface area contributed by atoms with E-state index in [9.17, 15) is 9.90 Å². The number of hydrogen-bond acceptors (Lipinski definition) is 3. The number of carbonyl (C=O) groups is 1. The van der Waals surface area contributed by atoms with Crippen molar-refractivity contribution < 1.29 is 9.90 Å². The van der Waals surface area contributed by atoms with Gasteiger partial charge in [-0.3, -0.25) is 0 Å². The molecule has 2 heterocycles. The first-order chi connectivity index (χ1) is 9.88. The maximum atomic E-state index is 11.3. The van der Waals surface area contributed by atoms with E-state index in [1.54, 1.807) is 0 Å². The molecule has 0 fully saturated rings. The number of unbranched alkanes of at least 4 members (excludes halogenated alkanes) is 1. The molecule has 2 aromatic heterocycles. The van der Waals surface area contributed by atoms with Crippen LogP contribution in [0.25, 0.3) is 11.0 Å². The van der Waals surface area contributed by atoms with Crippen molar-refractivity contribution in [3.05, 3.63) is 9.39 Å². The van der Waals surface area contributed by atoms with E-state index >= 15 is 0 Å². The minimum atomic E-state index is -1.03. The molecular formula is C13H18AsIN4O2. The number of aryl methyl sites for hydroxylation is 2. The average molecular weight is 464 g/mol. The molecule has 0 radical (unpaired) electrons. The fourth-order valence-electron chi connectivity index (χ4n) is 2.17. The fourth-order valence-corrected chi connectivity index (χ4v) is 3.45. The SMILES string of the molecule is CCCCc1nc2c(N(C)C(=O)O)nc([AsH2])c(I)c2n1C. The van der Waals surface area contributed by atoms with E-state index in [2.05, 4.69) is 44.0 Å². The molecule has 0 aromatic carbocycles. The second-order valence-electron chi connectivity index (χ2n) is 4.86. The number of halogens is 1. The Kier molecular flexibility index (Phi) is 5.14. The molecule has 8 heteroatoms. The molecule has 0 aliphatic rings. The van der Waals surface area contributed by atoms with Crippen LogP contribution in [0.1, 0.15) is 25.6 Å². The van der Waals surface area contributed by atoms with E-state index in [4.69, 9.17) is 0 Å². The zero-order valence-corrected chi connectivity index (χ0v) is 16.8. The molecular weight excluding hydrogens is 446 g/mol. The Bertz CT molecular complexity index is 701. The van der Waals surface area contributed by atoms with Gasteiger partial charge in [0.05, 0.1) is 0 Å². The minimum absolute atomic E-state index is 0.413. The molecule has 0 aliphatic carbocycles. The standard InChI is InChI=1S/C13H18AsIN4O2/c1-4-5-6-7-16-9-10(18(7)2)8(15)11(14)17-12(9)19(3)13(20)21/h4-6,14H2,1-3H3,(H,20,21). The van der Waals surface area contributed by atoms with Gasteiger partial charge in [-0.2, -0.15) is 0 Å². The molecule has 0 bridgehead atoms. The Morgan fingerprint density at radius 3 is 2.71 bits per heavy atom. The zero-order chi connectivity index (χ0) is 15.7. The number of aromatic nitrogens is 3. The van der Waals surface area contributed by atoms with E-state index in [0.29, 0.717) is 11.3 Å². The first-order valence-electron chi connectivity index (χ1n) is 6.65. The van der Waals surface area contributed by atoms with E-state index in [-0.39, 0.29) is 0 Å². The summed E-state index contributed by atoms with van der Waals surface area (Å²) in [6.07, 6.45) is 2.02. The van der Waals surface area contributed by atoms with Gasteiger partial charge >= 0.3 is 146 Å². The quantitative estimate of drug-likeness (QED) is 0.547. The molecule has 1 amide bonds. The second-order valence-corrected chi connectivity index (χ2v) is 7.09. The Morgan fingerprint density at radius 1 is 1.48 bits per heavy atom. The van der Waals surface area contributed by atoms with Crippen LogP contribution in [0.5, 0.6) is 0 Å². The van der Waals surface area contributed by atoms with E-state index in [1.807, 2.05) is 7.05 Å². The van der Waals surface area contributed by atoms with Gasteiger partial charge in [-0.25, -0.2) is 0 Å². The van der Waals surface area contributed by atoms with Gasteiger partial charge in [0, 0.05) is 0 Å². The molecule has 0 spiro atoms. The second kappa shape index (κ2) is 6.52. The summed E-state index contributed by atoms with van der Waals surface area (Å²) in [4.78, 5) is 21.5. The molecule has 0 saturated carbocycles. The van der Waals surface area contributed by atoms with Crippen LogP contribution in [-0.4, -0.2) is 49.6 Å². The van der Waals surface area contributed by atoms with Crippen molar-refractivity contribution in [3.63, 3.8) is 0 Å². The van der Waals surface area contributed by atoms with Crippen molar-refractivity contribution in [2.45, 2.75) is 26.2 Å². The Morgan fingerprint density at radius 2 is 2.14 bits per heavy atom. The normalized spacial score (nSPS) is 11.1. The third-order valence-electron chi connectivity index (χ3n) is 3.42. The van der Waals surface area contributed by atoms with Crippen LogP contribution in [-0.2, 0) is 13.5 Å². The predicted molar refractivity (Wildman–Crippen MR) is 94.4 cm³/mol. The number of imidazole rings is 1. The van der Waals surface area contributed by atoms with Gasteiger partial charge in [-0.1, -0.05) is 0 Å². The van der Waals surface area contributed by atoms with Gasteiger partial charge in [0.25, 0.3) is 0 Å². The van der Waals surface area contributed by atoms with Gasteiger partial charge in [-0.05, 0) is 0 Å². The monoisotopic (exact) mass is 464 g/mol. The summed E-state index contributed by atoms with van der Waals surface area (Å²) >= 11 is 3.65. The van der Waals surface area contributed by atoms with Crippen LogP contribution < -0.4 is 9.38 Å². The van der Waals surface area contributed by atoms with Gasteiger partial charge in [-0.15, -0.1) is 0 Å². The molecule has 0 saturated heterocycles. The Hall–Kier alpha value is -0.822. The number of nitrogens with zero attached hydrogens (tertiary/aromatic N) is 4. The molecule has 1 N–H and O–H groups in total. The number of rotatable bonds is 4. The number of amides is 1. The van der Waals surface area contributed by atoms with E-state index in [0.717, 1.165) is 43.6 Å². The summed E-state index contributed by atoms with van der Waals surface area (Å²) in [5, 5.41) is 9.23. The van der Waals surface area contributed by atoms with Crippen molar-refractivity contribution in [2.75, 3.05) is 11.9 Å². The van der Waals surface area contributed by atoms with Crippen LogP contribution in [0.2, 0.25) is 0 Å². The summed E-state index contributed by atoms with van der Waals surface area (Å²) in [5.74, 6) is 1.39. The molecule has 0 aliphatic heterocycles. The van der Waals surface area contributed by atoms with Crippen molar-refractivity contribution >= 4 is 66.9 Å². The first kappa shape index (κ1) is 16.5. The molecule has 2 aromatic rings. The number of anilines is 1. The van der Waals surface area contributed by atoms with Crippen LogP contribution >= 0.6 is 22.6 Å². The third-order valence-corrected chi connectivity index (χ3v) is 6.59. The summed E-state index contributed by atoms with van der Waals surface area (Å²) in [5.41, 5.74) is 1.64. The van der Waals surface area contributed by atoms with Gasteiger partial charge in [0.15, 0.2) is 0 Å². The molecule has 1 unspecified atom stereocenters. The summed E-state index contributed by atoms with van der Waals surface area (Å²) in [6.45, 7) is 2.14. The van der Waals surface area contributed by atoms with Gasteiger partial charge in [0.2, 0.25) is 0 Å². The number of pyridine rings is 1. The molecule has 1 atom stereocenters. The molecule has 6 nitrogen and oxygen atoms in total. The molecule has 2 rings (SSSR count). The summed E-state index contributed by atoms with van der Waals surface area (Å²) in [7, 11) is 3.49.